The van der Waals surface area contributed by atoms with Crippen molar-refractivity contribution in [2.75, 3.05) is 24.6 Å². The van der Waals surface area contributed by atoms with Gasteiger partial charge in [0.05, 0.1) is 30.1 Å². The molecule has 2 saturated heterocycles. The van der Waals surface area contributed by atoms with E-state index in [1.165, 1.54) is 0 Å². The molecule has 0 aliphatic carbocycles. The highest BCUT2D eigenvalue weighted by molar-refractivity contribution is 6.04. The van der Waals surface area contributed by atoms with Crippen molar-refractivity contribution in [1.29, 1.82) is 0 Å². The van der Waals surface area contributed by atoms with Crippen LogP contribution in [0.2, 0.25) is 0 Å². The fourth-order valence-electron chi connectivity index (χ4n) is 7.31. The zero-order valence-corrected chi connectivity index (χ0v) is 23.7. The maximum absolute atomic E-state index is 14.7. The molecular weight excluding hydrogens is 518 g/mol. The number of nitrogens with zero attached hydrogens (tertiary/aromatic N) is 3. The standard InChI is InChI=1S/C33H37N3O5/c1-22(2)34-18-11-17-33-27(26-29(38)35(24-14-8-5-9-15-24)19-10-16-32(26,3)41-33)30(39)36(28(33)31(34)40)25(21-37)20-23-12-6-4-7-13-23/h4-17,22,25-28,37H,18-21H2,1-3H3/t25-,26-,27+,28?,32+,33+/m1/s1. The molecule has 4 aliphatic rings. The molecule has 1 spiro atoms. The SMILES string of the molecule is CC(C)N1CC=C[C@]23O[C@@]4(C)C=CCN(c5ccccc5)C(=O)[C@H]4[C@H]2C(=O)N([C@@H](CO)Cc2ccccc2)C3C1=O. The van der Waals surface area contributed by atoms with Gasteiger partial charge >= 0.3 is 0 Å². The number of hydrogen-bond acceptors (Lipinski definition) is 5. The lowest BCUT2D eigenvalue weighted by Gasteiger charge is -2.40. The number of rotatable bonds is 6. The molecule has 214 valence electrons. The highest BCUT2D eigenvalue weighted by atomic mass is 16.5. The van der Waals surface area contributed by atoms with Gasteiger partial charge in [0.1, 0.15) is 11.6 Å². The Hall–Kier alpha value is -3.75. The summed E-state index contributed by atoms with van der Waals surface area (Å²) < 4.78 is 6.91. The Labute approximate surface area is 240 Å². The van der Waals surface area contributed by atoms with Crippen molar-refractivity contribution in [3.63, 3.8) is 0 Å². The second kappa shape index (κ2) is 10.3. The Bertz CT molecular complexity index is 1390. The molecule has 3 amide bonds. The van der Waals surface area contributed by atoms with Crippen LogP contribution in [-0.2, 0) is 25.5 Å². The normalized spacial score (nSPS) is 31.7. The van der Waals surface area contributed by atoms with Gasteiger partial charge in [-0.1, -0.05) is 72.8 Å². The first-order valence-corrected chi connectivity index (χ1v) is 14.4. The number of anilines is 1. The molecule has 2 fully saturated rings. The van der Waals surface area contributed by atoms with Crippen molar-refractivity contribution in [1.82, 2.24) is 9.80 Å². The van der Waals surface area contributed by atoms with Crippen LogP contribution in [0.3, 0.4) is 0 Å². The summed E-state index contributed by atoms with van der Waals surface area (Å²) in [6.45, 7) is 6.13. The Balaban J connectivity index is 1.49. The third-order valence-corrected chi connectivity index (χ3v) is 9.14. The van der Waals surface area contributed by atoms with Crippen molar-refractivity contribution in [2.24, 2.45) is 11.8 Å². The zero-order valence-electron chi connectivity index (χ0n) is 23.7. The second-order valence-electron chi connectivity index (χ2n) is 11.9. The summed E-state index contributed by atoms with van der Waals surface area (Å²) >= 11 is 0. The molecule has 8 nitrogen and oxygen atoms in total. The van der Waals surface area contributed by atoms with Crippen LogP contribution in [0.4, 0.5) is 5.69 Å². The van der Waals surface area contributed by atoms with Crippen molar-refractivity contribution in [3.05, 3.63) is 90.5 Å². The van der Waals surface area contributed by atoms with Crippen molar-refractivity contribution in [3.8, 4) is 0 Å². The van der Waals surface area contributed by atoms with E-state index in [0.717, 1.165) is 11.3 Å². The van der Waals surface area contributed by atoms with Gasteiger partial charge in [-0.15, -0.1) is 0 Å². The number of aliphatic hydroxyl groups is 1. The topological polar surface area (TPSA) is 90.4 Å². The van der Waals surface area contributed by atoms with Crippen molar-refractivity contribution in [2.45, 2.75) is 56.5 Å². The monoisotopic (exact) mass is 555 g/mol. The van der Waals surface area contributed by atoms with Crippen LogP contribution in [0.1, 0.15) is 26.3 Å². The summed E-state index contributed by atoms with van der Waals surface area (Å²) in [5, 5.41) is 10.7. The van der Waals surface area contributed by atoms with E-state index in [4.69, 9.17) is 4.74 Å². The summed E-state index contributed by atoms with van der Waals surface area (Å²) in [5.41, 5.74) is -0.780. The van der Waals surface area contributed by atoms with E-state index in [1.54, 1.807) is 14.7 Å². The number of carbonyl (C=O) groups excluding carboxylic acids is 3. The van der Waals surface area contributed by atoms with Gasteiger partial charge in [0.25, 0.3) is 0 Å². The molecular formula is C33H37N3O5. The average Bonchev–Trinajstić information content (AvgIpc) is 3.23. The van der Waals surface area contributed by atoms with Gasteiger partial charge in [-0.25, -0.2) is 0 Å². The average molecular weight is 556 g/mol. The van der Waals surface area contributed by atoms with Crippen LogP contribution in [0.15, 0.2) is 85.0 Å². The van der Waals surface area contributed by atoms with Gasteiger partial charge in [-0.3, -0.25) is 14.4 Å². The first-order chi connectivity index (χ1) is 19.7. The number of likely N-dealkylation sites (tertiary alicyclic amines) is 1. The minimum absolute atomic E-state index is 0.113. The first-order valence-electron chi connectivity index (χ1n) is 14.4. The lowest BCUT2D eigenvalue weighted by atomic mass is 9.74. The van der Waals surface area contributed by atoms with E-state index in [0.29, 0.717) is 19.5 Å². The lowest BCUT2D eigenvalue weighted by Crippen LogP contribution is -2.59. The third-order valence-electron chi connectivity index (χ3n) is 9.14. The van der Waals surface area contributed by atoms with Crippen LogP contribution in [0.25, 0.3) is 0 Å². The Morgan fingerprint density at radius 1 is 0.878 bits per heavy atom. The summed E-state index contributed by atoms with van der Waals surface area (Å²) in [7, 11) is 0. The van der Waals surface area contributed by atoms with Gasteiger partial charge in [0.2, 0.25) is 17.7 Å². The van der Waals surface area contributed by atoms with Crippen LogP contribution in [0, 0.1) is 11.8 Å². The van der Waals surface area contributed by atoms with E-state index in [1.807, 2.05) is 106 Å². The largest absolute Gasteiger partial charge is 0.394 e. The molecule has 8 heteroatoms. The highest BCUT2D eigenvalue weighted by Crippen LogP contribution is 2.58. The van der Waals surface area contributed by atoms with Crippen LogP contribution in [0.5, 0.6) is 0 Å². The number of ether oxygens (including phenoxy) is 1. The van der Waals surface area contributed by atoms with Gasteiger partial charge < -0.3 is 24.5 Å². The molecule has 1 unspecified atom stereocenters. The van der Waals surface area contributed by atoms with E-state index in [2.05, 4.69) is 0 Å². The molecule has 4 aliphatic heterocycles. The van der Waals surface area contributed by atoms with E-state index < -0.39 is 35.1 Å². The number of amides is 3. The molecule has 2 aromatic rings. The summed E-state index contributed by atoms with van der Waals surface area (Å²) in [6.07, 6.45) is 7.91. The minimum Gasteiger partial charge on any atom is -0.394 e. The maximum Gasteiger partial charge on any atom is 0.249 e. The maximum atomic E-state index is 14.7. The minimum atomic E-state index is -1.36. The van der Waals surface area contributed by atoms with E-state index in [9.17, 15) is 19.5 Å². The molecule has 41 heavy (non-hydrogen) atoms. The van der Waals surface area contributed by atoms with Gasteiger partial charge in [-0.2, -0.15) is 0 Å². The fraction of sp³-hybridized carbons (Fsp3) is 0.424. The second-order valence-corrected chi connectivity index (χ2v) is 11.9. The first kappa shape index (κ1) is 27.4. The zero-order chi connectivity index (χ0) is 28.9. The van der Waals surface area contributed by atoms with E-state index in [-0.39, 0.29) is 30.4 Å². The molecule has 6 atom stereocenters. The smallest absolute Gasteiger partial charge is 0.249 e. The fourth-order valence-corrected chi connectivity index (χ4v) is 7.31. The number of para-hydroxylation sites is 1. The van der Waals surface area contributed by atoms with Gasteiger partial charge in [0, 0.05) is 24.8 Å². The quantitative estimate of drug-likeness (QED) is 0.554. The Kier molecular flexibility index (Phi) is 6.86. The molecule has 2 aromatic carbocycles. The predicted molar refractivity (Wildman–Crippen MR) is 155 cm³/mol. The number of fused-ring (bicyclic) bond motifs is 2. The van der Waals surface area contributed by atoms with Crippen LogP contribution >= 0.6 is 0 Å². The van der Waals surface area contributed by atoms with E-state index >= 15 is 0 Å². The summed E-state index contributed by atoms with van der Waals surface area (Å²) in [6, 6.07) is 17.2. The molecule has 0 aromatic heterocycles. The van der Waals surface area contributed by atoms with Crippen LogP contribution < -0.4 is 4.90 Å². The molecule has 1 N–H and O–H groups in total. The highest BCUT2D eigenvalue weighted by Gasteiger charge is 2.75. The summed E-state index contributed by atoms with van der Waals surface area (Å²) in [4.78, 5) is 48.5. The van der Waals surface area contributed by atoms with Gasteiger partial charge in [0.15, 0.2) is 0 Å². The number of aliphatic hydroxyl groups excluding tert-OH is 1. The third kappa shape index (κ3) is 4.23. The molecule has 0 radical (unpaired) electrons. The molecule has 0 bridgehead atoms. The van der Waals surface area contributed by atoms with Crippen molar-refractivity contribution >= 4 is 23.4 Å². The molecule has 4 heterocycles. The van der Waals surface area contributed by atoms with Crippen LogP contribution in [-0.4, -0.2) is 81.7 Å². The number of carbonyl (C=O) groups is 3. The van der Waals surface area contributed by atoms with Crippen molar-refractivity contribution < 1.29 is 24.2 Å². The van der Waals surface area contributed by atoms with Gasteiger partial charge in [-0.05, 0) is 44.9 Å². The number of hydrogen-bond donors (Lipinski definition) is 1. The molecule has 0 saturated carbocycles. The lowest BCUT2D eigenvalue weighted by molar-refractivity contribution is -0.155. The Morgan fingerprint density at radius 3 is 2.20 bits per heavy atom. The molecule has 6 rings (SSSR count). The summed E-state index contributed by atoms with van der Waals surface area (Å²) in [5.74, 6) is -2.58. The predicted octanol–water partition coefficient (Wildman–Crippen LogP) is 2.97. The Morgan fingerprint density at radius 2 is 1.54 bits per heavy atom. The number of benzene rings is 2.